The molecule has 86 valence electrons. The van der Waals surface area contributed by atoms with Crippen LogP contribution in [0.1, 0.15) is 26.7 Å². The van der Waals surface area contributed by atoms with Gasteiger partial charge in [-0.1, -0.05) is 0 Å². The zero-order valence-electron chi connectivity index (χ0n) is 9.66. The maximum atomic E-state index is 8.49. The van der Waals surface area contributed by atoms with Gasteiger partial charge in [0.25, 0.3) is 0 Å². The first-order valence-corrected chi connectivity index (χ1v) is 4.55. The average Bonchev–Trinajstić information content (AvgIpc) is 2.19. The van der Waals surface area contributed by atoms with Gasteiger partial charge in [-0.15, -0.1) is 0 Å². The molecule has 0 aromatic carbocycles. The van der Waals surface area contributed by atoms with E-state index in [1.165, 1.54) is 0 Å². The van der Waals surface area contributed by atoms with E-state index in [2.05, 4.69) is 23.3 Å². The molecule has 2 N–H and O–H groups in total. The monoisotopic (exact) mass is 268 g/mol. The van der Waals surface area contributed by atoms with Crippen molar-refractivity contribution >= 4 is 11.9 Å². The third kappa shape index (κ3) is 19.8. The molecule has 0 saturated carbocycles. The van der Waals surface area contributed by atoms with E-state index >= 15 is 0 Å². The molecule has 0 aliphatic carbocycles. The van der Waals surface area contributed by atoms with Crippen molar-refractivity contribution in [3.63, 3.8) is 0 Å². The molecule has 0 amide bonds. The zero-order chi connectivity index (χ0) is 11.4. The first-order valence-electron chi connectivity index (χ1n) is 4.55. The van der Waals surface area contributed by atoms with Crippen LogP contribution in [-0.4, -0.2) is 34.7 Å². The van der Waals surface area contributed by atoms with Gasteiger partial charge in [0.15, 0.2) is 13.2 Å². The predicted octanol–water partition coefficient (Wildman–Crippen LogP) is 1.50. The second-order valence-corrected chi connectivity index (χ2v) is 2.15. The van der Waals surface area contributed by atoms with Crippen LogP contribution in [0.2, 0.25) is 0 Å². The standard InChI is InChI=1S/2C5H9O2.Zn/c2*1-3-5(6)7-4-2;/h2*1,3-4H2,2H3;/q2*-1;/p+2. The van der Waals surface area contributed by atoms with Crippen LogP contribution in [0.3, 0.4) is 0 Å². The van der Waals surface area contributed by atoms with E-state index in [0.717, 1.165) is 0 Å². The van der Waals surface area contributed by atoms with Crippen LogP contribution >= 0.6 is 0 Å². The molecule has 0 spiro atoms. The van der Waals surface area contributed by atoms with Gasteiger partial charge in [0, 0.05) is 19.5 Å². The SMILES string of the molecule is [CH2-]CC(=[OH+])OCC.[CH2-]CC(=[OH+])OCC.[Zn]. The van der Waals surface area contributed by atoms with Crippen molar-refractivity contribution in [1.82, 2.24) is 0 Å². The molecule has 0 aliphatic rings. The molecule has 0 unspecified atom stereocenters. The number of rotatable bonds is 4. The number of carbonyl (C=O) groups excluding carboxylic acids is 2. The summed E-state index contributed by atoms with van der Waals surface area (Å²) < 4.78 is 9.20. The van der Waals surface area contributed by atoms with Crippen LogP contribution in [-0.2, 0) is 29.0 Å². The third-order valence-corrected chi connectivity index (χ3v) is 1.05. The molecule has 0 aromatic heterocycles. The van der Waals surface area contributed by atoms with Crippen LogP contribution < -0.4 is 0 Å². The van der Waals surface area contributed by atoms with E-state index in [4.69, 9.17) is 9.59 Å². The fourth-order valence-corrected chi connectivity index (χ4v) is 0.478. The van der Waals surface area contributed by atoms with Crippen molar-refractivity contribution in [2.45, 2.75) is 26.7 Å². The second kappa shape index (κ2) is 16.0. The van der Waals surface area contributed by atoms with E-state index in [0.29, 0.717) is 26.1 Å². The Bertz CT molecular complexity index is 142. The van der Waals surface area contributed by atoms with Crippen molar-refractivity contribution in [1.29, 1.82) is 0 Å². The maximum Gasteiger partial charge on any atom is 0.451 e. The summed E-state index contributed by atoms with van der Waals surface area (Å²) in [4.78, 5) is 17.0. The molecular weight excluding hydrogens is 249 g/mol. The summed E-state index contributed by atoms with van der Waals surface area (Å²) in [6.07, 6.45) is 0.682. The van der Waals surface area contributed by atoms with Crippen molar-refractivity contribution in [2.24, 2.45) is 0 Å². The minimum atomic E-state index is 0. The Morgan fingerprint density at radius 3 is 1.27 bits per heavy atom. The summed E-state index contributed by atoms with van der Waals surface area (Å²) in [5.74, 6) is 0.0324. The molecule has 0 bridgehead atoms. The summed E-state index contributed by atoms with van der Waals surface area (Å²) in [5.41, 5.74) is 0. The molecule has 0 rings (SSSR count). The maximum absolute atomic E-state index is 8.49. The first-order chi connectivity index (χ1) is 6.62. The molecule has 15 heavy (non-hydrogen) atoms. The van der Waals surface area contributed by atoms with E-state index in [9.17, 15) is 0 Å². The van der Waals surface area contributed by atoms with Gasteiger partial charge in [-0.25, -0.2) is 0 Å². The van der Waals surface area contributed by atoms with Gasteiger partial charge in [-0.2, -0.15) is 0 Å². The van der Waals surface area contributed by atoms with E-state index in [1.807, 2.05) is 13.8 Å². The summed E-state index contributed by atoms with van der Waals surface area (Å²) in [6.45, 7) is 11.4. The number of ether oxygens (including phenoxy) is 2. The van der Waals surface area contributed by atoms with Crippen LogP contribution in [0.4, 0.5) is 0 Å². The minimum absolute atomic E-state index is 0. The van der Waals surface area contributed by atoms with Crippen molar-refractivity contribution in [2.75, 3.05) is 13.2 Å². The van der Waals surface area contributed by atoms with Crippen molar-refractivity contribution in [3.8, 4) is 0 Å². The van der Waals surface area contributed by atoms with Gasteiger partial charge in [-0.05, 0) is 26.7 Å². The van der Waals surface area contributed by atoms with E-state index in [1.54, 1.807) is 0 Å². The number of hydrogen-bond donors (Lipinski definition) is 0. The third-order valence-electron chi connectivity index (χ3n) is 1.05. The predicted molar refractivity (Wildman–Crippen MR) is 57.1 cm³/mol. The molecule has 0 saturated heterocycles. The van der Waals surface area contributed by atoms with Gasteiger partial charge in [0.05, 0.1) is 0 Å². The molecular formula is C10H20O4Zn. The fraction of sp³-hybridized carbons (Fsp3) is 0.600. The normalized spacial score (nSPS) is 7.73. The molecule has 0 aromatic rings. The largest absolute Gasteiger partial charge is 0.451 e. The Hall–Kier alpha value is -0.437. The molecule has 0 fully saturated rings. The summed E-state index contributed by atoms with van der Waals surface area (Å²) >= 11 is 0. The minimum Gasteiger partial charge on any atom is -0.341 e. The van der Waals surface area contributed by atoms with Crippen LogP contribution in [0.15, 0.2) is 0 Å². The van der Waals surface area contributed by atoms with Crippen molar-refractivity contribution < 1.29 is 38.5 Å². The van der Waals surface area contributed by atoms with Crippen molar-refractivity contribution in [3.05, 3.63) is 13.8 Å². The van der Waals surface area contributed by atoms with Gasteiger partial charge in [0.2, 0.25) is 0 Å². The zero-order valence-corrected chi connectivity index (χ0v) is 12.6. The Kier molecular flexibility index (Phi) is 21.4. The van der Waals surface area contributed by atoms with Gasteiger partial charge >= 0.3 is 11.9 Å². The average molecular weight is 270 g/mol. The van der Waals surface area contributed by atoms with Crippen LogP contribution in [0, 0.1) is 13.8 Å². The van der Waals surface area contributed by atoms with Crippen LogP contribution in [0.5, 0.6) is 0 Å². The molecule has 0 radical (unpaired) electrons. The topological polar surface area (TPSA) is 61.3 Å². The van der Waals surface area contributed by atoms with Gasteiger partial charge in [-0.3, -0.25) is 0 Å². The fourth-order valence-electron chi connectivity index (χ4n) is 0.478. The van der Waals surface area contributed by atoms with Gasteiger partial charge in [0.1, 0.15) is 0 Å². The number of hydrogen-bond acceptors (Lipinski definition) is 2. The van der Waals surface area contributed by atoms with Gasteiger partial charge < -0.3 is 32.9 Å². The molecule has 4 nitrogen and oxygen atoms in total. The molecule has 0 heterocycles. The summed E-state index contributed by atoms with van der Waals surface area (Å²) in [5, 5.41) is 0. The molecule has 0 atom stereocenters. The Morgan fingerprint density at radius 2 is 1.20 bits per heavy atom. The Labute approximate surface area is 104 Å². The Morgan fingerprint density at radius 1 is 0.933 bits per heavy atom. The van der Waals surface area contributed by atoms with E-state index in [-0.39, 0.29) is 31.4 Å². The summed E-state index contributed by atoms with van der Waals surface area (Å²) in [7, 11) is 0. The quantitative estimate of drug-likeness (QED) is 0.336. The van der Waals surface area contributed by atoms with Crippen LogP contribution in [0.25, 0.3) is 0 Å². The Balaban J connectivity index is -0.000000180. The number of esters is 2. The first kappa shape index (κ1) is 20.0. The summed E-state index contributed by atoms with van der Waals surface area (Å²) in [6, 6.07) is 0. The molecule has 0 aliphatic heterocycles. The smallest absolute Gasteiger partial charge is 0.341 e. The van der Waals surface area contributed by atoms with E-state index < -0.39 is 0 Å². The second-order valence-electron chi connectivity index (χ2n) is 2.15. The molecule has 5 heteroatoms.